The number of carbonyl (C=O) groups excluding carboxylic acids is 2. The molecule has 0 heterocycles. The van der Waals surface area contributed by atoms with E-state index in [1.165, 1.54) is 17.5 Å². The van der Waals surface area contributed by atoms with Crippen molar-refractivity contribution in [2.24, 2.45) is 0 Å². The molecule has 5 heteroatoms. The molecule has 25 heavy (non-hydrogen) atoms. The van der Waals surface area contributed by atoms with Gasteiger partial charge < -0.3 is 9.47 Å². The highest BCUT2D eigenvalue weighted by molar-refractivity contribution is 9.10. The highest BCUT2D eigenvalue weighted by atomic mass is 79.9. The number of esters is 1. The van der Waals surface area contributed by atoms with Crippen molar-refractivity contribution in [2.45, 2.75) is 25.7 Å². The topological polar surface area (TPSA) is 52.6 Å². The first-order chi connectivity index (χ1) is 12.1. The summed E-state index contributed by atoms with van der Waals surface area (Å²) >= 11 is 3.33. The van der Waals surface area contributed by atoms with Gasteiger partial charge in [-0.15, -0.1) is 0 Å². The van der Waals surface area contributed by atoms with Gasteiger partial charge in [-0.1, -0.05) is 12.1 Å². The maximum absolute atomic E-state index is 12.3. The second kappa shape index (κ2) is 7.83. The Morgan fingerprint density at radius 2 is 1.72 bits per heavy atom. The van der Waals surface area contributed by atoms with Gasteiger partial charge in [0.15, 0.2) is 12.4 Å². The zero-order valence-corrected chi connectivity index (χ0v) is 15.6. The van der Waals surface area contributed by atoms with E-state index in [9.17, 15) is 9.59 Å². The summed E-state index contributed by atoms with van der Waals surface area (Å²) in [5.74, 6) is -0.0920. The number of ketones is 1. The summed E-state index contributed by atoms with van der Waals surface area (Å²) < 4.78 is 11.0. The van der Waals surface area contributed by atoms with Gasteiger partial charge in [0.1, 0.15) is 5.75 Å². The molecule has 3 rings (SSSR count). The van der Waals surface area contributed by atoms with Gasteiger partial charge in [-0.3, -0.25) is 4.79 Å². The molecule has 4 nitrogen and oxygen atoms in total. The Balaban J connectivity index is 1.64. The number of rotatable bonds is 5. The van der Waals surface area contributed by atoms with Crippen molar-refractivity contribution in [3.63, 3.8) is 0 Å². The third-order valence-electron chi connectivity index (χ3n) is 4.39. The Kier molecular flexibility index (Phi) is 5.53. The van der Waals surface area contributed by atoms with E-state index in [0.29, 0.717) is 21.3 Å². The van der Waals surface area contributed by atoms with Crippen molar-refractivity contribution >= 4 is 27.7 Å². The quantitative estimate of drug-likeness (QED) is 0.550. The molecule has 0 N–H and O–H groups in total. The Bertz CT molecular complexity index is 813. The Hall–Kier alpha value is -2.14. The molecule has 130 valence electrons. The summed E-state index contributed by atoms with van der Waals surface area (Å²) in [5.41, 5.74) is 3.53. The Labute approximate surface area is 155 Å². The van der Waals surface area contributed by atoms with Gasteiger partial charge in [-0.2, -0.15) is 0 Å². The minimum atomic E-state index is -0.533. The molecular formula is C20H19BrO4. The van der Waals surface area contributed by atoms with E-state index in [2.05, 4.69) is 15.9 Å². The predicted octanol–water partition coefficient (Wildman–Crippen LogP) is 4.38. The number of benzene rings is 2. The molecular weight excluding hydrogens is 384 g/mol. The zero-order valence-electron chi connectivity index (χ0n) is 14.0. The number of halogens is 1. The summed E-state index contributed by atoms with van der Waals surface area (Å²) in [7, 11) is 1.55. The van der Waals surface area contributed by atoms with Crippen LogP contribution < -0.4 is 4.74 Å². The van der Waals surface area contributed by atoms with Crippen LogP contribution in [0.2, 0.25) is 0 Å². The van der Waals surface area contributed by atoms with Crippen molar-refractivity contribution < 1.29 is 19.1 Å². The van der Waals surface area contributed by atoms with Crippen LogP contribution in [0.15, 0.2) is 40.9 Å². The van der Waals surface area contributed by atoms with E-state index in [0.717, 1.165) is 19.3 Å². The highest BCUT2D eigenvalue weighted by Crippen LogP contribution is 2.26. The molecule has 0 aromatic heterocycles. The van der Waals surface area contributed by atoms with Gasteiger partial charge in [0.25, 0.3) is 0 Å². The number of hydrogen-bond acceptors (Lipinski definition) is 4. The third kappa shape index (κ3) is 4.10. The third-order valence-corrected chi connectivity index (χ3v) is 5.01. The molecule has 0 amide bonds. The summed E-state index contributed by atoms with van der Waals surface area (Å²) in [6.07, 6.45) is 4.45. The van der Waals surface area contributed by atoms with E-state index in [1.807, 2.05) is 18.2 Å². The first kappa shape index (κ1) is 17.7. The fraction of sp³-hybridized carbons (Fsp3) is 0.300. The maximum Gasteiger partial charge on any atom is 0.338 e. The molecule has 0 saturated carbocycles. The van der Waals surface area contributed by atoms with E-state index in [-0.39, 0.29) is 12.4 Å². The fourth-order valence-electron chi connectivity index (χ4n) is 3.00. The first-order valence-electron chi connectivity index (χ1n) is 8.24. The average molecular weight is 403 g/mol. The minimum Gasteiger partial charge on any atom is -0.496 e. The molecule has 1 aliphatic carbocycles. The van der Waals surface area contributed by atoms with Crippen LogP contribution in [0.4, 0.5) is 0 Å². The summed E-state index contributed by atoms with van der Waals surface area (Å²) in [6, 6.07) is 10.7. The second-order valence-corrected chi connectivity index (χ2v) is 6.89. The number of ether oxygens (including phenoxy) is 2. The normalized spacial score (nSPS) is 13.0. The number of Topliss-reactive ketones (excluding diaryl/α,β-unsaturated/α-hetero) is 1. The van der Waals surface area contributed by atoms with Crippen molar-refractivity contribution in [1.82, 2.24) is 0 Å². The number of aryl methyl sites for hydroxylation is 2. The molecule has 2 aromatic carbocycles. The van der Waals surface area contributed by atoms with Crippen LogP contribution in [0.25, 0.3) is 0 Å². The van der Waals surface area contributed by atoms with Crippen LogP contribution in [-0.4, -0.2) is 25.5 Å². The van der Waals surface area contributed by atoms with Crippen LogP contribution in [0.3, 0.4) is 0 Å². The molecule has 0 fully saturated rings. The molecule has 0 bridgehead atoms. The second-order valence-electron chi connectivity index (χ2n) is 6.04. The van der Waals surface area contributed by atoms with Crippen LogP contribution in [0.5, 0.6) is 5.75 Å². The minimum absolute atomic E-state index is 0.186. The van der Waals surface area contributed by atoms with Crippen molar-refractivity contribution in [3.8, 4) is 5.75 Å². The Morgan fingerprint density at radius 3 is 2.44 bits per heavy atom. The lowest BCUT2D eigenvalue weighted by atomic mass is 9.90. The van der Waals surface area contributed by atoms with Crippen molar-refractivity contribution in [1.29, 1.82) is 0 Å². The smallest absolute Gasteiger partial charge is 0.338 e. The fourth-order valence-corrected chi connectivity index (χ4v) is 3.54. The molecule has 1 aliphatic rings. The van der Waals surface area contributed by atoms with Crippen LogP contribution in [-0.2, 0) is 17.6 Å². The lowest BCUT2D eigenvalue weighted by Crippen LogP contribution is -2.15. The van der Waals surface area contributed by atoms with E-state index >= 15 is 0 Å². The lowest BCUT2D eigenvalue weighted by molar-refractivity contribution is 0.0474. The molecule has 0 spiro atoms. The van der Waals surface area contributed by atoms with Crippen molar-refractivity contribution in [3.05, 3.63) is 63.1 Å². The molecule has 0 atom stereocenters. The summed E-state index contributed by atoms with van der Waals surface area (Å²) in [5, 5.41) is 0. The SMILES string of the molecule is COc1ccc(C(=O)OCC(=O)c2ccc3c(c2)CCCC3)cc1Br. The highest BCUT2D eigenvalue weighted by Gasteiger charge is 2.16. The van der Waals surface area contributed by atoms with E-state index < -0.39 is 5.97 Å². The molecule has 0 unspecified atom stereocenters. The monoisotopic (exact) mass is 402 g/mol. The van der Waals surface area contributed by atoms with Crippen LogP contribution >= 0.6 is 15.9 Å². The molecule has 0 radical (unpaired) electrons. The van der Waals surface area contributed by atoms with Gasteiger partial charge in [0.05, 0.1) is 17.1 Å². The van der Waals surface area contributed by atoms with Crippen molar-refractivity contribution in [2.75, 3.05) is 13.7 Å². The first-order valence-corrected chi connectivity index (χ1v) is 9.03. The van der Waals surface area contributed by atoms with Crippen LogP contribution in [0, 0.1) is 0 Å². The molecule has 2 aromatic rings. The number of hydrogen-bond donors (Lipinski definition) is 0. The maximum atomic E-state index is 12.3. The number of fused-ring (bicyclic) bond motifs is 1. The predicted molar refractivity (Wildman–Crippen MR) is 98.4 cm³/mol. The van der Waals surface area contributed by atoms with Gasteiger partial charge in [-0.25, -0.2) is 4.79 Å². The average Bonchev–Trinajstić information content (AvgIpc) is 2.65. The van der Waals surface area contributed by atoms with Gasteiger partial charge in [0.2, 0.25) is 0 Å². The largest absolute Gasteiger partial charge is 0.496 e. The molecule has 0 aliphatic heterocycles. The molecule has 0 saturated heterocycles. The summed E-state index contributed by atoms with van der Waals surface area (Å²) in [4.78, 5) is 24.5. The lowest BCUT2D eigenvalue weighted by Gasteiger charge is -2.16. The number of methoxy groups -OCH3 is 1. The van der Waals surface area contributed by atoms with E-state index in [1.54, 1.807) is 25.3 Å². The van der Waals surface area contributed by atoms with E-state index in [4.69, 9.17) is 9.47 Å². The van der Waals surface area contributed by atoms with Crippen LogP contribution in [0.1, 0.15) is 44.7 Å². The standard InChI is InChI=1S/C20H19BrO4/c1-24-19-9-8-16(11-17(19)21)20(23)25-12-18(22)15-7-6-13-4-2-3-5-14(13)10-15/h6-11H,2-5,12H2,1H3. The Morgan fingerprint density at radius 1 is 1.00 bits per heavy atom. The number of carbonyl (C=O) groups is 2. The zero-order chi connectivity index (χ0) is 17.8. The summed E-state index contributed by atoms with van der Waals surface area (Å²) in [6.45, 7) is -0.263. The van der Waals surface area contributed by atoms with Gasteiger partial charge >= 0.3 is 5.97 Å². The van der Waals surface area contributed by atoms with Gasteiger partial charge in [0, 0.05) is 5.56 Å². The van der Waals surface area contributed by atoms with Gasteiger partial charge in [-0.05, 0) is 77.0 Å².